The molecule has 0 aromatic carbocycles. The van der Waals surface area contributed by atoms with E-state index in [0.717, 1.165) is 6.26 Å². The number of carbonyl (C=O) groups excluding carboxylic acids is 1. The number of methoxy groups -OCH3 is 1. The lowest BCUT2D eigenvalue weighted by molar-refractivity contribution is -0.144. The van der Waals surface area contributed by atoms with Crippen molar-refractivity contribution in [3.05, 3.63) is 0 Å². The number of carbonyl (C=O) groups is 1. The first-order valence-corrected chi connectivity index (χ1v) is 5.45. The van der Waals surface area contributed by atoms with Gasteiger partial charge in [0.2, 0.25) is 0 Å². The zero-order chi connectivity index (χ0) is 10.7. The van der Waals surface area contributed by atoms with Crippen LogP contribution in [0.25, 0.3) is 0 Å². The van der Waals surface area contributed by atoms with E-state index >= 15 is 0 Å². The van der Waals surface area contributed by atoms with Crippen molar-refractivity contribution in [1.29, 1.82) is 0 Å². The Kier molecular flexibility index (Phi) is 3.87. The molecule has 0 aromatic heterocycles. The van der Waals surface area contributed by atoms with Crippen molar-refractivity contribution in [3.63, 3.8) is 0 Å². The molecule has 6 heteroatoms. The average molecular weight is 210 g/mol. The molecule has 0 unspecified atom stereocenters. The fourth-order valence-corrected chi connectivity index (χ4v) is 1.74. The van der Waals surface area contributed by atoms with Crippen LogP contribution in [0.3, 0.4) is 0 Å². The molecule has 0 aliphatic heterocycles. The fraction of sp³-hybridized carbons (Fsp3) is 0.857. The van der Waals surface area contributed by atoms with E-state index < -0.39 is 21.7 Å². The summed E-state index contributed by atoms with van der Waals surface area (Å²) >= 11 is 0. The summed E-state index contributed by atoms with van der Waals surface area (Å²) in [6.07, 6.45) is 0.836. The van der Waals surface area contributed by atoms with Gasteiger partial charge in [-0.15, -0.1) is 0 Å². The van der Waals surface area contributed by atoms with Crippen LogP contribution in [0.1, 0.15) is 20.3 Å². The van der Waals surface area contributed by atoms with Gasteiger partial charge in [0.25, 0.3) is 10.1 Å². The van der Waals surface area contributed by atoms with Gasteiger partial charge in [0.1, 0.15) is 0 Å². The summed E-state index contributed by atoms with van der Waals surface area (Å²) in [5.41, 5.74) is -1.05. The van der Waals surface area contributed by atoms with Gasteiger partial charge < -0.3 is 4.74 Å². The lowest BCUT2D eigenvalue weighted by atomic mass is 10.1. The normalized spacial score (nSPS) is 12.6. The highest BCUT2D eigenvalue weighted by molar-refractivity contribution is 7.86. The van der Waals surface area contributed by atoms with Crippen LogP contribution in [-0.2, 0) is 23.8 Å². The predicted molar refractivity (Wildman–Crippen MR) is 46.6 cm³/mol. The second-order valence-electron chi connectivity index (χ2n) is 3.30. The van der Waals surface area contributed by atoms with Gasteiger partial charge in [-0.25, -0.2) is 0 Å². The van der Waals surface area contributed by atoms with E-state index in [-0.39, 0.29) is 6.42 Å². The highest BCUT2D eigenvalue weighted by atomic mass is 32.2. The quantitative estimate of drug-likeness (QED) is 0.493. The Morgan fingerprint density at radius 2 is 1.85 bits per heavy atom. The number of rotatable bonds is 4. The first kappa shape index (κ1) is 12.4. The van der Waals surface area contributed by atoms with E-state index in [0.29, 0.717) is 0 Å². The van der Waals surface area contributed by atoms with E-state index in [4.69, 9.17) is 0 Å². The standard InChI is InChI=1S/C7H14O5S/c1-7(2,5-6(8)11-3)12-13(4,9)10/h5H2,1-4H3. The van der Waals surface area contributed by atoms with Crippen LogP contribution < -0.4 is 0 Å². The molecule has 0 heterocycles. The molecule has 0 aromatic rings. The van der Waals surface area contributed by atoms with Crippen molar-refractivity contribution in [2.45, 2.75) is 25.9 Å². The molecule has 0 spiro atoms. The average Bonchev–Trinajstić information content (AvgIpc) is 1.80. The van der Waals surface area contributed by atoms with E-state index in [1.807, 2.05) is 0 Å². The van der Waals surface area contributed by atoms with Crippen molar-refractivity contribution in [1.82, 2.24) is 0 Å². The molecule has 0 atom stereocenters. The van der Waals surface area contributed by atoms with Crippen LogP contribution in [-0.4, -0.2) is 33.4 Å². The van der Waals surface area contributed by atoms with Gasteiger partial charge in [-0.05, 0) is 13.8 Å². The maximum Gasteiger partial charge on any atom is 0.308 e. The van der Waals surface area contributed by atoms with E-state index in [2.05, 4.69) is 8.92 Å². The molecule has 78 valence electrons. The maximum atomic E-state index is 10.8. The van der Waals surface area contributed by atoms with Crippen LogP contribution in [0.5, 0.6) is 0 Å². The van der Waals surface area contributed by atoms with E-state index in [1.165, 1.54) is 21.0 Å². The Hall–Kier alpha value is -0.620. The Morgan fingerprint density at radius 3 is 2.15 bits per heavy atom. The van der Waals surface area contributed by atoms with Gasteiger partial charge in [0.05, 0.1) is 25.4 Å². The topological polar surface area (TPSA) is 69.7 Å². The van der Waals surface area contributed by atoms with Crippen molar-refractivity contribution < 1.29 is 22.1 Å². The monoisotopic (exact) mass is 210 g/mol. The molecule has 0 saturated heterocycles. The zero-order valence-corrected chi connectivity index (χ0v) is 8.97. The molecule has 0 aliphatic carbocycles. The van der Waals surface area contributed by atoms with Gasteiger partial charge in [-0.1, -0.05) is 0 Å². The molecule has 0 amide bonds. The Labute approximate surface area is 78.2 Å². The number of ether oxygens (including phenoxy) is 1. The van der Waals surface area contributed by atoms with E-state index in [1.54, 1.807) is 0 Å². The number of esters is 1. The van der Waals surface area contributed by atoms with Crippen LogP contribution >= 0.6 is 0 Å². The van der Waals surface area contributed by atoms with Gasteiger partial charge in [0, 0.05) is 0 Å². The SMILES string of the molecule is COC(=O)CC(C)(C)OS(C)(=O)=O. The highest BCUT2D eigenvalue weighted by Gasteiger charge is 2.27. The van der Waals surface area contributed by atoms with Crippen LogP contribution in [0, 0.1) is 0 Å². The summed E-state index contributed by atoms with van der Waals surface area (Å²) < 4.78 is 30.5. The highest BCUT2D eigenvalue weighted by Crippen LogP contribution is 2.17. The molecule has 0 saturated carbocycles. The molecular formula is C7H14O5S. The molecule has 13 heavy (non-hydrogen) atoms. The van der Waals surface area contributed by atoms with Gasteiger partial charge >= 0.3 is 5.97 Å². The van der Waals surface area contributed by atoms with Crippen LogP contribution in [0.15, 0.2) is 0 Å². The minimum atomic E-state index is -3.54. The molecule has 0 N–H and O–H groups in total. The van der Waals surface area contributed by atoms with Gasteiger partial charge in [-0.3, -0.25) is 8.98 Å². The maximum absolute atomic E-state index is 10.8. The van der Waals surface area contributed by atoms with Gasteiger partial charge in [-0.2, -0.15) is 8.42 Å². The summed E-state index contributed by atoms with van der Waals surface area (Å²) in [6.45, 7) is 3.01. The zero-order valence-electron chi connectivity index (χ0n) is 8.16. The predicted octanol–water partition coefficient (Wildman–Crippen LogP) is 0.304. The van der Waals surface area contributed by atoms with Gasteiger partial charge in [0.15, 0.2) is 0 Å². The summed E-state index contributed by atoms with van der Waals surface area (Å²) in [6, 6.07) is 0. The summed E-state index contributed by atoms with van der Waals surface area (Å²) in [4.78, 5) is 10.8. The largest absolute Gasteiger partial charge is 0.469 e. The molecular weight excluding hydrogens is 196 g/mol. The summed E-state index contributed by atoms with van der Waals surface area (Å²) in [5.74, 6) is -0.506. The molecule has 5 nitrogen and oxygen atoms in total. The minimum Gasteiger partial charge on any atom is -0.469 e. The lowest BCUT2D eigenvalue weighted by Gasteiger charge is -2.21. The fourth-order valence-electron chi connectivity index (χ4n) is 0.859. The van der Waals surface area contributed by atoms with Crippen molar-refractivity contribution in [3.8, 4) is 0 Å². The van der Waals surface area contributed by atoms with Crippen molar-refractivity contribution in [2.24, 2.45) is 0 Å². The second-order valence-corrected chi connectivity index (χ2v) is 4.87. The molecule has 0 radical (unpaired) electrons. The first-order chi connectivity index (χ1) is 5.66. The molecule has 0 bridgehead atoms. The summed E-state index contributed by atoms with van der Waals surface area (Å²) in [5, 5.41) is 0. The second kappa shape index (κ2) is 4.06. The third-order valence-corrected chi connectivity index (χ3v) is 1.93. The van der Waals surface area contributed by atoms with Crippen LogP contribution in [0.4, 0.5) is 0 Å². The Bertz CT molecular complexity index is 277. The number of hydrogen-bond donors (Lipinski definition) is 0. The third kappa shape index (κ3) is 6.53. The minimum absolute atomic E-state index is 0.101. The molecule has 0 fully saturated rings. The van der Waals surface area contributed by atoms with Crippen LogP contribution in [0.2, 0.25) is 0 Å². The Morgan fingerprint density at radius 1 is 1.38 bits per heavy atom. The van der Waals surface area contributed by atoms with Crippen molar-refractivity contribution in [2.75, 3.05) is 13.4 Å². The van der Waals surface area contributed by atoms with Crippen molar-refractivity contribution >= 4 is 16.1 Å². The third-order valence-electron chi connectivity index (χ3n) is 1.17. The number of hydrogen-bond acceptors (Lipinski definition) is 5. The summed E-state index contributed by atoms with van der Waals surface area (Å²) in [7, 11) is -2.31. The first-order valence-electron chi connectivity index (χ1n) is 3.64. The van der Waals surface area contributed by atoms with E-state index in [9.17, 15) is 13.2 Å². The smallest absolute Gasteiger partial charge is 0.308 e. The lowest BCUT2D eigenvalue weighted by Crippen LogP contribution is -2.31. The Balaban J connectivity index is 4.33. The molecule has 0 rings (SSSR count). The molecule has 0 aliphatic rings.